The summed E-state index contributed by atoms with van der Waals surface area (Å²) in [6.45, 7) is 1.72. The van der Waals surface area contributed by atoms with Gasteiger partial charge in [0.15, 0.2) is 0 Å². The van der Waals surface area contributed by atoms with Crippen molar-refractivity contribution in [3.05, 3.63) is 58.9 Å². The van der Waals surface area contributed by atoms with Gasteiger partial charge in [0.2, 0.25) is 0 Å². The van der Waals surface area contributed by atoms with Crippen LogP contribution in [0.2, 0.25) is 0 Å². The predicted molar refractivity (Wildman–Crippen MR) is 79.8 cm³/mol. The van der Waals surface area contributed by atoms with E-state index in [2.05, 4.69) is 5.43 Å². The molecule has 0 aromatic heterocycles. The summed E-state index contributed by atoms with van der Waals surface area (Å²) in [5.74, 6) is 6.78. The lowest BCUT2D eigenvalue weighted by atomic mass is 9.97. The summed E-state index contributed by atoms with van der Waals surface area (Å²) >= 11 is 0. The maximum absolute atomic E-state index is 13.4. The summed E-state index contributed by atoms with van der Waals surface area (Å²) in [4.78, 5) is 0. The summed E-state index contributed by atoms with van der Waals surface area (Å²) in [5, 5.41) is 0. The van der Waals surface area contributed by atoms with Crippen molar-refractivity contribution in [3.8, 4) is 11.5 Å². The number of hydrazine groups is 1. The van der Waals surface area contributed by atoms with Crippen LogP contribution < -0.4 is 20.7 Å². The number of ether oxygens (including phenoxy) is 2. The zero-order chi connectivity index (χ0) is 15.4. The van der Waals surface area contributed by atoms with Gasteiger partial charge in [-0.15, -0.1) is 0 Å². The summed E-state index contributed by atoms with van der Waals surface area (Å²) in [6.07, 6.45) is 0. The van der Waals surface area contributed by atoms with Crippen molar-refractivity contribution in [1.82, 2.24) is 5.43 Å². The molecule has 0 bridgehead atoms. The second-order valence-corrected chi connectivity index (χ2v) is 4.75. The van der Waals surface area contributed by atoms with Crippen molar-refractivity contribution < 1.29 is 13.9 Å². The zero-order valence-corrected chi connectivity index (χ0v) is 12.3. The predicted octanol–water partition coefficient (Wildman–Crippen LogP) is 2.70. The van der Waals surface area contributed by atoms with Crippen molar-refractivity contribution in [3.63, 3.8) is 0 Å². The van der Waals surface area contributed by atoms with Gasteiger partial charge in [0.25, 0.3) is 0 Å². The van der Waals surface area contributed by atoms with Crippen LogP contribution in [0.1, 0.15) is 22.7 Å². The van der Waals surface area contributed by atoms with Crippen molar-refractivity contribution >= 4 is 0 Å². The second-order valence-electron chi connectivity index (χ2n) is 4.75. The highest BCUT2D eigenvalue weighted by Gasteiger charge is 2.16. The molecular formula is C16H19FN2O2. The molecule has 1 unspecified atom stereocenters. The van der Waals surface area contributed by atoms with Gasteiger partial charge in [-0.2, -0.15) is 0 Å². The average molecular weight is 290 g/mol. The largest absolute Gasteiger partial charge is 0.497 e. The number of hydrogen-bond acceptors (Lipinski definition) is 4. The monoisotopic (exact) mass is 290 g/mol. The maximum Gasteiger partial charge on any atom is 0.126 e. The van der Waals surface area contributed by atoms with Crippen LogP contribution in [0.15, 0.2) is 36.4 Å². The highest BCUT2D eigenvalue weighted by molar-refractivity contribution is 5.43. The fourth-order valence-electron chi connectivity index (χ4n) is 2.23. The van der Waals surface area contributed by atoms with Gasteiger partial charge in [-0.1, -0.05) is 12.1 Å². The van der Waals surface area contributed by atoms with Crippen LogP contribution >= 0.6 is 0 Å². The lowest BCUT2D eigenvalue weighted by Crippen LogP contribution is -2.29. The standard InChI is InChI=1S/C16H19FN2O2/c1-10-6-11(4-5-15(10)17)16(19-18)12-7-13(20-2)9-14(8-12)21-3/h4-9,16,19H,18H2,1-3H3. The summed E-state index contributed by atoms with van der Waals surface area (Å²) < 4.78 is 23.9. The quantitative estimate of drug-likeness (QED) is 0.656. The van der Waals surface area contributed by atoms with E-state index in [9.17, 15) is 4.39 Å². The van der Waals surface area contributed by atoms with E-state index in [0.29, 0.717) is 17.1 Å². The number of nitrogens with two attached hydrogens (primary N) is 1. The lowest BCUT2D eigenvalue weighted by molar-refractivity contribution is 0.392. The third-order valence-corrected chi connectivity index (χ3v) is 3.39. The Bertz CT molecular complexity index is 609. The van der Waals surface area contributed by atoms with E-state index in [1.807, 2.05) is 12.1 Å². The third-order valence-electron chi connectivity index (χ3n) is 3.39. The van der Waals surface area contributed by atoms with E-state index in [-0.39, 0.29) is 11.9 Å². The molecule has 2 rings (SSSR count). The molecule has 112 valence electrons. The number of methoxy groups -OCH3 is 2. The molecule has 0 aliphatic heterocycles. The number of halogens is 1. The normalized spacial score (nSPS) is 12.0. The van der Waals surface area contributed by atoms with Gasteiger partial charge in [0.1, 0.15) is 17.3 Å². The number of hydrogen-bond donors (Lipinski definition) is 2. The van der Waals surface area contributed by atoms with Gasteiger partial charge in [-0.05, 0) is 41.8 Å². The number of rotatable bonds is 5. The Morgan fingerprint density at radius 1 is 1.00 bits per heavy atom. The zero-order valence-electron chi connectivity index (χ0n) is 12.3. The first-order chi connectivity index (χ1) is 10.1. The molecule has 4 nitrogen and oxygen atoms in total. The van der Waals surface area contributed by atoms with E-state index in [1.165, 1.54) is 6.07 Å². The Balaban J connectivity index is 2.47. The van der Waals surface area contributed by atoms with Crippen LogP contribution in [0.3, 0.4) is 0 Å². The minimum atomic E-state index is -0.284. The molecule has 0 aliphatic rings. The first-order valence-corrected chi connectivity index (χ1v) is 6.54. The summed E-state index contributed by atoms with van der Waals surface area (Å²) in [6, 6.07) is 10.1. The topological polar surface area (TPSA) is 56.5 Å². The third kappa shape index (κ3) is 3.32. The molecule has 2 aromatic carbocycles. The Morgan fingerprint density at radius 3 is 2.10 bits per heavy atom. The van der Waals surface area contributed by atoms with Crippen LogP contribution in [-0.4, -0.2) is 14.2 Å². The van der Waals surface area contributed by atoms with E-state index in [1.54, 1.807) is 39.3 Å². The van der Waals surface area contributed by atoms with Gasteiger partial charge in [-0.3, -0.25) is 5.84 Å². The van der Waals surface area contributed by atoms with Crippen molar-refractivity contribution in [1.29, 1.82) is 0 Å². The molecule has 0 spiro atoms. The SMILES string of the molecule is COc1cc(OC)cc(C(NN)c2ccc(F)c(C)c2)c1. The highest BCUT2D eigenvalue weighted by atomic mass is 19.1. The summed E-state index contributed by atoms with van der Waals surface area (Å²) in [7, 11) is 3.18. The van der Waals surface area contributed by atoms with Crippen LogP contribution in [-0.2, 0) is 0 Å². The van der Waals surface area contributed by atoms with Gasteiger partial charge < -0.3 is 9.47 Å². The van der Waals surface area contributed by atoms with E-state index in [4.69, 9.17) is 15.3 Å². The molecule has 0 fully saturated rings. The van der Waals surface area contributed by atoms with Crippen LogP contribution in [0.5, 0.6) is 11.5 Å². The van der Waals surface area contributed by atoms with E-state index >= 15 is 0 Å². The van der Waals surface area contributed by atoms with Crippen molar-refractivity contribution in [2.24, 2.45) is 5.84 Å². The number of aryl methyl sites for hydroxylation is 1. The Kier molecular flexibility index (Phi) is 4.77. The number of nitrogens with one attached hydrogen (secondary N) is 1. The van der Waals surface area contributed by atoms with Crippen LogP contribution in [0.25, 0.3) is 0 Å². The van der Waals surface area contributed by atoms with Crippen LogP contribution in [0.4, 0.5) is 4.39 Å². The molecule has 1 atom stereocenters. The first kappa shape index (κ1) is 15.3. The molecule has 0 saturated carbocycles. The van der Waals surface area contributed by atoms with Gasteiger partial charge >= 0.3 is 0 Å². The average Bonchev–Trinajstić information content (AvgIpc) is 2.51. The molecule has 0 amide bonds. The molecule has 0 saturated heterocycles. The molecule has 21 heavy (non-hydrogen) atoms. The second kappa shape index (κ2) is 6.56. The van der Waals surface area contributed by atoms with Crippen LogP contribution in [0, 0.1) is 12.7 Å². The van der Waals surface area contributed by atoms with Crippen molar-refractivity contribution in [2.75, 3.05) is 14.2 Å². The Hall–Kier alpha value is -2.11. The Morgan fingerprint density at radius 2 is 1.62 bits per heavy atom. The molecule has 5 heteroatoms. The minimum Gasteiger partial charge on any atom is -0.497 e. The van der Waals surface area contributed by atoms with Crippen molar-refractivity contribution in [2.45, 2.75) is 13.0 Å². The maximum atomic E-state index is 13.4. The fraction of sp³-hybridized carbons (Fsp3) is 0.250. The molecule has 0 heterocycles. The van der Waals surface area contributed by atoms with E-state index in [0.717, 1.165) is 11.1 Å². The lowest BCUT2D eigenvalue weighted by Gasteiger charge is -2.19. The van der Waals surface area contributed by atoms with Gasteiger partial charge in [0, 0.05) is 6.07 Å². The molecule has 0 radical (unpaired) electrons. The van der Waals surface area contributed by atoms with E-state index < -0.39 is 0 Å². The highest BCUT2D eigenvalue weighted by Crippen LogP contribution is 2.30. The van der Waals surface area contributed by atoms with Gasteiger partial charge in [0.05, 0.1) is 20.3 Å². The minimum absolute atomic E-state index is 0.238. The molecular weight excluding hydrogens is 271 g/mol. The first-order valence-electron chi connectivity index (χ1n) is 6.54. The smallest absolute Gasteiger partial charge is 0.126 e. The number of benzene rings is 2. The fourth-order valence-corrected chi connectivity index (χ4v) is 2.23. The molecule has 2 aromatic rings. The Labute approximate surface area is 123 Å². The van der Waals surface area contributed by atoms with Gasteiger partial charge in [-0.25, -0.2) is 9.82 Å². The molecule has 3 N–H and O–H groups in total. The summed E-state index contributed by atoms with van der Waals surface area (Å²) in [5.41, 5.74) is 5.06. The molecule has 0 aliphatic carbocycles.